The van der Waals surface area contributed by atoms with Crippen LogP contribution in [0.25, 0.3) is 5.65 Å². The van der Waals surface area contributed by atoms with Gasteiger partial charge in [0.1, 0.15) is 11.4 Å². The lowest BCUT2D eigenvalue weighted by Crippen LogP contribution is -2.25. The van der Waals surface area contributed by atoms with E-state index in [2.05, 4.69) is 17.0 Å². The highest BCUT2D eigenvalue weighted by molar-refractivity contribution is 5.46. The molecule has 26 heavy (non-hydrogen) atoms. The first kappa shape index (κ1) is 16.8. The summed E-state index contributed by atoms with van der Waals surface area (Å²) in [5.41, 5.74) is 3.87. The number of ether oxygens (including phenoxy) is 1. The number of hydrogen-bond donors (Lipinski definition) is 0. The van der Waals surface area contributed by atoms with Crippen LogP contribution in [-0.2, 0) is 6.54 Å². The third-order valence-corrected chi connectivity index (χ3v) is 5.17. The fourth-order valence-electron chi connectivity index (χ4n) is 3.82. The number of benzene rings is 1. The number of fused-ring (bicyclic) bond motifs is 1. The Labute approximate surface area is 152 Å². The van der Waals surface area contributed by atoms with E-state index in [1.54, 1.807) is 23.8 Å². The molecule has 134 valence electrons. The Morgan fingerprint density at radius 3 is 2.81 bits per heavy atom. The number of aromatic nitrogens is 2. The minimum atomic E-state index is -0.0195. The molecule has 0 bridgehead atoms. The van der Waals surface area contributed by atoms with Gasteiger partial charge in [0.05, 0.1) is 12.8 Å². The van der Waals surface area contributed by atoms with E-state index in [1.165, 1.54) is 5.56 Å². The van der Waals surface area contributed by atoms with Crippen molar-refractivity contribution in [2.75, 3.05) is 13.7 Å². The van der Waals surface area contributed by atoms with Gasteiger partial charge >= 0.3 is 0 Å². The maximum Gasteiger partial charge on any atom is 0.258 e. The average molecular weight is 349 g/mol. The van der Waals surface area contributed by atoms with Crippen LogP contribution in [-0.4, -0.2) is 27.9 Å². The molecule has 5 nitrogen and oxygen atoms in total. The second-order valence-electron chi connectivity index (χ2n) is 6.87. The lowest BCUT2D eigenvalue weighted by molar-refractivity contribution is 0.245. The van der Waals surface area contributed by atoms with E-state index < -0.39 is 0 Å². The van der Waals surface area contributed by atoms with E-state index in [-0.39, 0.29) is 5.56 Å². The molecular formula is C21H23N3O2. The Morgan fingerprint density at radius 2 is 2.04 bits per heavy atom. The third-order valence-electron chi connectivity index (χ3n) is 5.17. The van der Waals surface area contributed by atoms with E-state index >= 15 is 0 Å². The molecule has 0 spiro atoms. The molecule has 1 aromatic carbocycles. The fraction of sp³-hybridized carbons (Fsp3) is 0.333. The van der Waals surface area contributed by atoms with E-state index in [4.69, 9.17) is 9.72 Å². The van der Waals surface area contributed by atoms with Crippen LogP contribution in [0.3, 0.4) is 0 Å². The Kier molecular flexibility index (Phi) is 4.47. The molecule has 1 saturated heterocycles. The van der Waals surface area contributed by atoms with Crippen LogP contribution in [0.15, 0.2) is 53.5 Å². The monoisotopic (exact) mass is 349 g/mol. The van der Waals surface area contributed by atoms with Gasteiger partial charge in [0.15, 0.2) is 0 Å². The molecule has 0 amide bonds. The maximum absolute atomic E-state index is 12.4. The summed E-state index contributed by atoms with van der Waals surface area (Å²) in [7, 11) is 1.68. The summed E-state index contributed by atoms with van der Waals surface area (Å²) in [6, 6.07) is 14.2. The zero-order valence-corrected chi connectivity index (χ0v) is 15.2. The largest absolute Gasteiger partial charge is 0.497 e. The summed E-state index contributed by atoms with van der Waals surface area (Å²) in [6.45, 7) is 3.70. The molecule has 1 fully saturated rings. The number of likely N-dealkylation sites (tertiary alicyclic amines) is 1. The summed E-state index contributed by atoms with van der Waals surface area (Å²) in [6.07, 6.45) is 4.05. The smallest absolute Gasteiger partial charge is 0.258 e. The van der Waals surface area contributed by atoms with Crippen LogP contribution < -0.4 is 10.3 Å². The van der Waals surface area contributed by atoms with Gasteiger partial charge in [-0.25, -0.2) is 4.98 Å². The maximum atomic E-state index is 12.4. The number of hydrogen-bond acceptors (Lipinski definition) is 4. The number of nitrogens with zero attached hydrogens (tertiary/aromatic N) is 3. The number of aryl methyl sites for hydroxylation is 1. The Morgan fingerprint density at radius 1 is 1.23 bits per heavy atom. The fourth-order valence-corrected chi connectivity index (χ4v) is 3.82. The molecule has 1 aliphatic heterocycles. The van der Waals surface area contributed by atoms with E-state index in [1.807, 2.05) is 31.2 Å². The van der Waals surface area contributed by atoms with Crippen LogP contribution in [0.1, 0.15) is 35.7 Å². The molecule has 1 atom stereocenters. The van der Waals surface area contributed by atoms with E-state index in [9.17, 15) is 4.79 Å². The standard InChI is InChI=1S/C21H23N3O2/c1-15-5-3-12-24-20(25)13-17(22-21(15)24)14-23-11-4-6-19(23)16-7-9-18(26-2)10-8-16/h3,5,7-10,12-13,19H,4,6,11,14H2,1-2H3/t19-/m0/s1. The molecule has 0 unspecified atom stereocenters. The van der Waals surface area contributed by atoms with Crippen LogP contribution in [0, 0.1) is 6.92 Å². The first-order chi connectivity index (χ1) is 12.7. The molecule has 0 radical (unpaired) electrons. The van der Waals surface area contributed by atoms with Gasteiger partial charge in [0, 0.05) is 24.8 Å². The second-order valence-corrected chi connectivity index (χ2v) is 6.87. The van der Waals surface area contributed by atoms with Crippen molar-refractivity contribution >= 4 is 5.65 Å². The van der Waals surface area contributed by atoms with Gasteiger partial charge in [-0.1, -0.05) is 18.2 Å². The van der Waals surface area contributed by atoms with Crippen LogP contribution in [0.2, 0.25) is 0 Å². The van der Waals surface area contributed by atoms with Crippen molar-refractivity contribution in [3.8, 4) is 5.75 Å². The van der Waals surface area contributed by atoms with Crippen molar-refractivity contribution in [3.63, 3.8) is 0 Å². The first-order valence-electron chi connectivity index (χ1n) is 9.01. The van der Waals surface area contributed by atoms with Crippen molar-refractivity contribution in [1.82, 2.24) is 14.3 Å². The molecule has 0 N–H and O–H groups in total. The minimum Gasteiger partial charge on any atom is -0.497 e. The first-order valence-corrected chi connectivity index (χ1v) is 9.01. The van der Waals surface area contributed by atoms with Crippen molar-refractivity contribution in [2.45, 2.75) is 32.4 Å². The molecule has 4 rings (SSSR count). The lowest BCUT2D eigenvalue weighted by Gasteiger charge is -2.24. The zero-order chi connectivity index (χ0) is 18.1. The predicted molar refractivity (Wildman–Crippen MR) is 102 cm³/mol. The molecule has 1 aliphatic rings. The topological polar surface area (TPSA) is 46.8 Å². The molecule has 0 saturated carbocycles. The summed E-state index contributed by atoms with van der Waals surface area (Å²) < 4.78 is 6.87. The Bertz CT molecular complexity index is 979. The van der Waals surface area contributed by atoms with Crippen molar-refractivity contribution < 1.29 is 4.74 Å². The average Bonchev–Trinajstić information content (AvgIpc) is 3.11. The minimum absolute atomic E-state index is 0.0195. The molecule has 5 heteroatoms. The number of methoxy groups -OCH3 is 1. The molecule has 3 aromatic rings. The summed E-state index contributed by atoms with van der Waals surface area (Å²) in [5.74, 6) is 0.873. The van der Waals surface area contributed by atoms with Gasteiger partial charge < -0.3 is 4.74 Å². The quantitative estimate of drug-likeness (QED) is 0.725. The number of rotatable bonds is 4. The van der Waals surface area contributed by atoms with E-state index in [0.29, 0.717) is 12.6 Å². The summed E-state index contributed by atoms with van der Waals surface area (Å²) in [5, 5.41) is 0. The van der Waals surface area contributed by atoms with Gasteiger partial charge in [-0.3, -0.25) is 14.1 Å². The van der Waals surface area contributed by atoms with Crippen LogP contribution in [0.4, 0.5) is 0 Å². The normalized spacial score (nSPS) is 17.7. The van der Waals surface area contributed by atoms with Crippen LogP contribution >= 0.6 is 0 Å². The van der Waals surface area contributed by atoms with Crippen molar-refractivity contribution in [3.05, 3.63) is 75.8 Å². The number of pyridine rings is 1. The van der Waals surface area contributed by atoms with Gasteiger partial charge in [0.2, 0.25) is 0 Å². The van der Waals surface area contributed by atoms with E-state index in [0.717, 1.165) is 42.0 Å². The predicted octanol–water partition coefficient (Wildman–Crippen LogP) is 3.35. The SMILES string of the molecule is COc1ccc([C@@H]2CCCN2Cc2cc(=O)n3cccc(C)c3n2)cc1. The second kappa shape index (κ2) is 6.92. The molecular weight excluding hydrogens is 326 g/mol. The Hall–Kier alpha value is -2.66. The van der Waals surface area contributed by atoms with Crippen LogP contribution in [0.5, 0.6) is 5.75 Å². The Balaban J connectivity index is 1.62. The van der Waals surface area contributed by atoms with Gasteiger partial charge in [-0.2, -0.15) is 0 Å². The highest BCUT2D eigenvalue weighted by Gasteiger charge is 2.26. The summed E-state index contributed by atoms with van der Waals surface area (Å²) >= 11 is 0. The highest BCUT2D eigenvalue weighted by Crippen LogP contribution is 2.33. The molecule has 2 aromatic heterocycles. The molecule has 3 heterocycles. The van der Waals surface area contributed by atoms with Gasteiger partial charge in [-0.15, -0.1) is 0 Å². The van der Waals surface area contributed by atoms with Crippen molar-refractivity contribution in [1.29, 1.82) is 0 Å². The zero-order valence-electron chi connectivity index (χ0n) is 15.2. The van der Waals surface area contributed by atoms with Gasteiger partial charge in [-0.05, 0) is 55.6 Å². The molecule has 0 aliphatic carbocycles. The summed E-state index contributed by atoms with van der Waals surface area (Å²) in [4.78, 5) is 19.6. The van der Waals surface area contributed by atoms with Crippen molar-refractivity contribution in [2.24, 2.45) is 0 Å². The lowest BCUT2D eigenvalue weighted by atomic mass is 10.0. The highest BCUT2D eigenvalue weighted by atomic mass is 16.5. The third kappa shape index (κ3) is 3.10. The van der Waals surface area contributed by atoms with Gasteiger partial charge in [0.25, 0.3) is 5.56 Å².